The van der Waals surface area contributed by atoms with E-state index in [1.165, 1.54) is 5.56 Å². The zero-order valence-electron chi connectivity index (χ0n) is 14.7. The number of carbonyl (C=O) groups excluding carboxylic acids is 1. The molecule has 0 aliphatic heterocycles. The molecule has 3 heteroatoms. The third-order valence-electron chi connectivity index (χ3n) is 3.73. The van der Waals surface area contributed by atoms with E-state index >= 15 is 0 Å². The van der Waals surface area contributed by atoms with Crippen molar-refractivity contribution in [1.82, 2.24) is 9.78 Å². The number of aryl methyl sites for hydroxylation is 1. The van der Waals surface area contributed by atoms with Crippen molar-refractivity contribution in [2.75, 3.05) is 0 Å². The van der Waals surface area contributed by atoms with E-state index in [9.17, 15) is 4.79 Å². The third-order valence-corrected chi connectivity index (χ3v) is 3.73. The highest BCUT2D eigenvalue weighted by atomic mass is 16.1. The largest absolute Gasteiger partial charge is 0.289 e. The van der Waals surface area contributed by atoms with E-state index in [2.05, 4.69) is 32.8 Å². The Kier molecular flexibility index (Phi) is 5.54. The maximum atomic E-state index is 12.3. The highest BCUT2D eigenvalue weighted by Gasteiger charge is 2.10. The molecular formula is C20H26N2O. The smallest absolute Gasteiger partial charge is 0.185 e. The third kappa shape index (κ3) is 4.65. The quantitative estimate of drug-likeness (QED) is 0.575. The SMILES string of the molecule is CC(C)Cc1ccc(C(=O)/C=C/c2cn(C)nc2C(C)C)cc1. The second kappa shape index (κ2) is 7.40. The maximum absolute atomic E-state index is 12.3. The van der Waals surface area contributed by atoms with Gasteiger partial charge in [-0.3, -0.25) is 9.48 Å². The summed E-state index contributed by atoms with van der Waals surface area (Å²) in [4.78, 5) is 12.3. The molecule has 3 nitrogen and oxygen atoms in total. The van der Waals surface area contributed by atoms with Crippen LogP contribution in [0.1, 0.15) is 60.8 Å². The van der Waals surface area contributed by atoms with E-state index < -0.39 is 0 Å². The average molecular weight is 310 g/mol. The first-order valence-electron chi connectivity index (χ1n) is 8.21. The van der Waals surface area contributed by atoms with Crippen molar-refractivity contribution in [3.05, 3.63) is 58.9 Å². The summed E-state index contributed by atoms with van der Waals surface area (Å²) in [6.45, 7) is 8.61. The first kappa shape index (κ1) is 17.2. The van der Waals surface area contributed by atoms with Gasteiger partial charge in [0, 0.05) is 24.4 Å². The molecule has 1 aromatic carbocycles. The summed E-state index contributed by atoms with van der Waals surface area (Å²) in [5.74, 6) is 0.984. The summed E-state index contributed by atoms with van der Waals surface area (Å²) in [7, 11) is 1.90. The van der Waals surface area contributed by atoms with Crippen LogP contribution in [0.5, 0.6) is 0 Å². The van der Waals surface area contributed by atoms with Crippen molar-refractivity contribution in [2.24, 2.45) is 13.0 Å². The van der Waals surface area contributed by atoms with E-state index in [1.807, 2.05) is 43.6 Å². The normalized spacial score (nSPS) is 11.8. The molecule has 122 valence electrons. The van der Waals surface area contributed by atoms with E-state index in [-0.39, 0.29) is 5.78 Å². The lowest BCUT2D eigenvalue weighted by Gasteiger charge is -2.05. The molecule has 0 atom stereocenters. The topological polar surface area (TPSA) is 34.9 Å². The Bertz CT molecular complexity index is 691. The van der Waals surface area contributed by atoms with E-state index in [1.54, 1.807) is 10.8 Å². The van der Waals surface area contributed by atoms with Gasteiger partial charge in [-0.15, -0.1) is 0 Å². The Labute approximate surface area is 139 Å². The lowest BCUT2D eigenvalue weighted by molar-refractivity contribution is 0.104. The number of hydrogen-bond acceptors (Lipinski definition) is 2. The first-order valence-corrected chi connectivity index (χ1v) is 8.21. The molecule has 0 unspecified atom stereocenters. The lowest BCUT2D eigenvalue weighted by Crippen LogP contribution is -1.97. The fourth-order valence-corrected chi connectivity index (χ4v) is 2.64. The molecule has 1 aromatic heterocycles. The van der Waals surface area contributed by atoms with Crippen LogP contribution in [0.4, 0.5) is 0 Å². The number of rotatable bonds is 6. The molecule has 0 bridgehead atoms. The number of nitrogens with zero attached hydrogens (tertiary/aromatic N) is 2. The first-order chi connectivity index (χ1) is 10.9. The summed E-state index contributed by atoms with van der Waals surface area (Å²) in [5.41, 5.74) is 4.02. The summed E-state index contributed by atoms with van der Waals surface area (Å²) in [6, 6.07) is 7.92. The molecule has 0 fully saturated rings. The molecule has 0 spiro atoms. The molecule has 2 rings (SSSR count). The number of hydrogen-bond donors (Lipinski definition) is 0. The molecule has 1 heterocycles. The van der Waals surface area contributed by atoms with Gasteiger partial charge in [0.1, 0.15) is 0 Å². The Morgan fingerprint density at radius 1 is 1.17 bits per heavy atom. The zero-order chi connectivity index (χ0) is 17.0. The van der Waals surface area contributed by atoms with Gasteiger partial charge in [-0.2, -0.15) is 5.10 Å². The second-order valence-electron chi connectivity index (χ2n) is 6.79. The Morgan fingerprint density at radius 3 is 2.39 bits per heavy atom. The summed E-state index contributed by atoms with van der Waals surface area (Å²) in [5, 5.41) is 4.45. The van der Waals surface area contributed by atoms with Crippen LogP contribution in [0.25, 0.3) is 6.08 Å². The van der Waals surface area contributed by atoms with Gasteiger partial charge < -0.3 is 0 Å². The molecule has 23 heavy (non-hydrogen) atoms. The van der Waals surface area contributed by atoms with Crippen molar-refractivity contribution >= 4 is 11.9 Å². The number of benzene rings is 1. The highest BCUT2D eigenvalue weighted by Crippen LogP contribution is 2.19. The molecule has 0 amide bonds. The van der Waals surface area contributed by atoms with Crippen LogP contribution in [-0.4, -0.2) is 15.6 Å². The van der Waals surface area contributed by atoms with Gasteiger partial charge in [-0.1, -0.05) is 52.0 Å². The van der Waals surface area contributed by atoms with Crippen molar-refractivity contribution in [2.45, 2.75) is 40.0 Å². The molecular weight excluding hydrogens is 284 g/mol. The Balaban J connectivity index is 2.12. The molecule has 0 aliphatic rings. The fraction of sp³-hybridized carbons (Fsp3) is 0.400. The minimum absolute atomic E-state index is 0.0275. The molecule has 2 aromatic rings. The summed E-state index contributed by atoms with van der Waals surface area (Å²) in [6.07, 6.45) is 6.50. The predicted molar refractivity (Wildman–Crippen MR) is 95.6 cm³/mol. The van der Waals surface area contributed by atoms with Crippen LogP contribution >= 0.6 is 0 Å². The Hall–Kier alpha value is -2.16. The van der Waals surface area contributed by atoms with Gasteiger partial charge in [0.2, 0.25) is 0 Å². The van der Waals surface area contributed by atoms with Crippen molar-refractivity contribution in [1.29, 1.82) is 0 Å². The number of allylic oxidation sites excluding steroid dienone is 1. The van der Waals surface area contributed by atoms with Crippen LogP contribution in [-0.2, 0) is 13.5 Å². The van der Waals surface area contributed by atoms with Crippen LogP contribution in [0, 0.1) is 5.92 Å². The zero-order valence-corrected chi connectivity index (χ0v) is 14.7. The molecule has 0 aliphatic carbocycles. The molecule has 0 saturated carbocycles. The van der Waals surface area contributed by atoms with E-state index in [4.69, 9.17) is 0 Å². The molecule has 0 saturated heterocycles. The minimum Gasteiger partial charge on any atom is -0.289 e. The number of ketones is 1. The Morgan fingerprint density at radius 2 is 1.83 bits per heavy atom. The molecule has 0 radical (unpaired) electrons. The number of carbonyl (C=O) groups is 1. The second-order valence-corrected chi connectivity index (χ2v) is 6.79. The van der Waals surface area contributed by atoms with Crippen LogP contribution in [0.3, 0.4) is 0 Å². The summed E-state index contributed by atoms with van der Waals surface area (Å²) < 4.78 is 1.79. The van der Waals surface area contributed by atoms with Gasteiger partial charge in [0.25, 0.3) is 0 Å². The molecule has 0 N–H and O–H groups in total. The monoisotopic (exact) mass is 310 g/mol. The van der Waals surface area contributed by atoms with Crippen LogP contribution in [0.2, 0.25) is 0 Å². The van der Waals surface area contributed by atoms with Crippen LogP contribution in [0.15, 0.2) is 36.5 Å². The van der Waals surface area contributed by atoms with Crippen molar-refractivity contribution in [3.8, 4) is 0 Å². The highest BCUT2D eigenvalue weighted by molar-refractivity contribution is 6.06. The van der Waals surface area contributed by atoms with E-state index in [0.717, 1.165) is 23.2 Å². The van der Waals surface area contributed by atoms with Crippen molar-refractivity contribution in [3.63, 3.8) is 0 Å². The van der Waals surface area contributed by atoms with Gasteiger partial charge in [0.05, 0.1) is 5.69 Å². The summed E-state index contributed by atoms with van der Waals surface area (Å²) >= 11 is 0. The number of aromatic nitrogens is 2. The average Bonchev–Trinajstić information content (AvgIpc) is 2.86. The van der Waals surface area contributed by atoms with Gasteiger partial charge >= 0.3 is 0 Å². The maximum Gasteiger partial charge on any atom is 0.185 e. The van der Waals surface area contributed by atoms with Crippen molar-refractivity contribution < 1.29 is 4.79 Å². The fourth-order valence-electron chi connectivity index (χ4n) is 2.64. The van der Waals surface area contributed by atoms with Gasteiger partial charge in [-0.25, -0.2) is 0 Å². The van der Waals surface area contributed by atoms with Gasteiger partial charge in [-0.05, 0) is 36.0 Å². The lowest BCUT2D eigenvalue weighted by atomic mass is 10.00. The standard InChI is InChI=1S/C20H26N2O/c1-14(2)12-16-6-8-17(9-7-16)19(23)11-10-18-13-22(5)21-20(18)15(3)4/h6-11,13-15H,12H2,1-5H3/b11-10+. The predicted octanol–water partition coefficient (Wildman–Crippen LogP) is 4.64. The minimum atomic E-state index is 0.0275. The van der Waals surface area contributed by atoms with E-state index in [0.29, 0.717) is 11.8 Å². The van der Waals surface area contributed by atoms with Crippen LogP contribution < -0.4 is 0 Å². The van der Waals surface area contributed by atoms with Gasteiger partial charge in [0.15, 0.2) is 5.78 Å².